The summed E-state index contributed by atoms with van der Waals surface area (Å²) in [5, 5.41) is 0. The van der Waals surface area contributed by atoms with E-state index in [1.807, 2.05) is 6.07 Å². The van der Waals surface area contributed by atoms with Gasteiger partial charge < -0.3 is 9.47 Å². The van der Waals surface area contributed by atoms with Crippen LogP contribution in [0.4, 0.5) is 0 Å². The van der Waals surface area contributed by atoms with Crippen LogP contribution in [0, 0.1) is 0 Å². The number of Topliss-reactive ketones (excluding diaryl/α,β-unsaturated/α-hetero) is 1. The zero-order valence-corrected chi connectivity index (χ0v) is 11.6. The van der Waals surface area contributed by atoms with Crippen LogP contribution in [0.5, 0.6) is 11.6 Å². The van der Waals surface area contributed by atoms with Gasteiger partial charge in [-0.1, -0.05) is 31.2 Å². The summed E-state index contributed by atoms with van der Waals surface area (Å²) in [6, 6.07) is 13.6. The Hall–Kier alpha value is -2.69. The second-order valence-corrected chi connectivity index (χ2v) is 4.22. The van der Waals surface area contributed by atoms with Crippen molar-refractivity contribution in [2.45, 2.75) is 19.4 Å². The van der Waals surface area contributed by atoms with E-state index in [-0.39, 0.29) is 18.1 Å². The van der Waals surface area contributed by atoms with Crippen LogP contribution in [-0.4, -0.2) is 22.8 Å². The highest BCUT2D eigenvalue weighted by Crippen LogP contribution is 2.14. The molecular formula is C16H15NO4. The number of ketones is 1. The van der Waals surface area contributed by atoms with E-state index < -0.39 is 12.1 Å². The number of benzene rings is 1. The molecular weight excluding hydrogens is 270 g/mol. The van der Waals surface area contributed by atoms with Gasteiger partial charge in [0.2, 0.25) is 5.88 Å². The van der Waals surface area contributed by atoms with Gasteiger partial charge in [-0.15, -0.1) is 0 Å². The van der Waals surface area contributed by atoms with Gasteiger partial charge in [0.1, 0.15) is 5.75 Å². The standard InChI is InChI=1S/C16H15NO4/c1-2-13(18)15(20-12-8-4-3-5-9-12)16(19)21-14-10-6-7-11-17-14/h3-11,15H,2H2,1H3. The number of carbonyl (C=O) groups is 2. The van der Waals surface area contributed by atoms with Crippen LogP contribution >= 0.6 is 0 Å². The first-order valence-corrected chi connectivity index (χ1v) is 6.58. The molecule has 5 nitrogen and oxygen atoms in total. The summed E-state index contributed by atoms with van der Waals surface area (Å²) in [4.78, 5) is 27.9. The molecule has 0 amide bonds. The highest BCUT2D eigenvalue weighted by molar-refractivity contribution is 6.02. The minimum absolute atomic E-state index is 0.132. The Bertz CT molecular complexity index is 598. The van der Waals surface area contributed by atoms with Gasteiger partial charge in [0, 0.05) is 18.7 Å². The Balaban J connectivity index is 2.12. The first-order valence-electron chi connectivity index (χ1n) is 6.58. The third-order valence-corrected chi connectivity index (χ3v) is 2.70. The van der Waals surface area contributed by atoms with Crippen molar-refractivity contribution in [1.29, 1.82) is 0 Å². The maximum atomic E-state index is 12.1. The molecule has 5 heteroatoms. The van der Waals surface area contributed by atoms with Gasteiger partial charge in [-0.05, 0) is 18.2 Å². The summed E-state index contributed by atoms with van der Waals surface area (Å²) in [6.07, 6.45) is 0.381. The first-order chi connectivity index (χ1) is 10.2. The van der Waals surface area contributed by atoms with Gasteiger partial charge in [-0.3, -0.25) is 4.79 Å². The molecule has 0 aliphatic heterocycles. The Kier molecular flexibility index (Phi) is 5.04. The Morgan fingerprint density at radius 3 is 2.43 bits per heavy atom. The molecule has 0 spiro atoms. The van der Waals surface area contributed by atoms with E-state index in [4.69, 9.17) is 9.47 Å². The van der Waals surface area contributed by atoms with E-state index in [0.29, 0.717) is 5.75 Å². The third-order valence-electron chi connectivity index (χ3n) is 2.70. The smallest absolute Gasteiger partial charge is 0.361 e. The zero-order chi connectivity index (χ0) is 15.1. The lowest BCUT2D eigenvalue weighted by atomic mass is 10.2. The average Bonchev–Trinajstić information content (AvgIpc) is 2.53. The van der Waals surface area contributed by atoms with Crippen LogP contribution < -0.4 is 9.47 Å². The quantitative estimate of drug-likeness (QED) is 0.602. The van der Waals surface area contributed by atoms with E-state index in [0.717, 1.165) is 0 Å². The van der Waals surface area contributed by atoms with E-state index in [2.05, 4.69) is 4.98 Å². The molecule has 0 saturated carbocycles. The van der Waals surface area contributed by atoms with Gasteiger partial charge in [0.25, 0.3) is 6.10 Å². The second-order valence-electron chi connectivity index (χ2n) is 4.22. The molecule has 108 valence electrons. The average molecular weight is 285 g/mol. The fourth-order valence-corrected chi connectivity index (χ4v) is 1.63. The van der Waals surface area contributed by atoms with Crippen LogP contribution in [0.15, 0.2) is 54.7 Å². The van der Waals surface area contributed by atoms with Crippen molar-refractivity contribution in [2.75, 3.05) is 0 Å². The number of esters is 1. The number of nitrogens with zero attached hydrogens (tertiary/aromatic N) is 1. The van der Waals surface area contributed by atoms with Crippen LogP contribution in [0.3, 0.4) is 0 Å². The minimum atomic E-state index is -1.29. The monoisotopic (exact) mass is 285 g/mol. The van der Waals surface area contributed by atoms with Crippen molar-refractivity contribution >= 4 is 11.8 Å². The first kappa shape index (κ1) is 14.7. The van der Waals surface area contributed by atoms with Crippen LogP contribution in [-0.2, 0) is 9.59 Å². The summed E-state index contributed by atoms with van der Waals surface area (Å²) in [5.74, 6) is -0.556. The molecule has 2 rings (SSSR count). The number of ether oxygens (including phenoxy) is 2. The van der Waals surface area contributed by atoms with Gasteiger partial charge in [0.15, 0.2) is 5.78 Å². The van der Waals surface area contributed by atoms with E-state index in [1.165, 1.54) is 12.3 Å². The number of carbonyl (C=O) groups excluding carboxylic acids is 2. The van der Waals surface area contributed by atoms with Gasteiger partial charge in [0.05, 0.1) is 0 Å². The highest BCUT2D eigenvalue weighted by Gasteiger charge is 2.29. The van der Waals surface area contributed by atoms with Gasteiger partial charge in [-0.2, -0.15) is 0 Å². The molecule has 1 heterocycles. The van der Waals surface area contributed by atoms with Crippen LogP contribution in [0.25, 0.3) is 0 Å². The summed E-state index contributed by atoms with van der Waals surface area (Å²) >= 11 is 0. The molecule has 0 radical (unpaired) electrons. The molecule has 0 aliphatic rings. The normalized spacial score (nSPS) is 11.5. The summed E-state index contributed by atoms with van der Waals surface area (Å²) in [5.41, 5.74) is 0. The second kappa shape index (κ2) is 7.19. The minimum Gasteiger partial charge on any atom is -0.471 e. The lowest BCUT2D eigenvalue weighted by Crippen LogP contribution is -2.38. The van der Waals surface area contributed by atoms with Crippen molar-refractivity contribution in [3.05, 3.63) is 54.7 Å². The maximum absolute atomic E-state index is 12.1. The van der Waals surface area contributed by atoms with E-state index in [9.17, 15) is 9.59 Å². The summed E-state index contributed by atoms with van der Waals surface area (Å²) < 4.78 is 10.5. The van der Waals surface area contributed by atoms with Gasteiger partial charge >= 0.3 is 5.97 Å². The molecule has 0 fully saturated rings. The topological polar surface area (TPSA) is 65.5 Å². The largest absolute Gasteiger partial charge is 0.471 e. The molecule has 1 aromatic heterocycles. The van der Waals surface area contributed by atoms with Crippen LogP contribution in [0.2, 0.25) is 0 Å². The van der Waals surface area contributed by atoms with Crippen molar-refractivity contribution in [1.82, 2.24) is 4.98 Å². The van der Waals surface area contributed by atoms with E-state index in [1.54, 1.807) is 43.3 Å². The Morgan fingerprint density at radius 2 is 1.81 bits per heavy atom. The van der Waals surface area contributed by atoms with E-state index >= 15 is 0 Å². The lowest BCUT2D eigenvalue weighted by molar-refractivity contribution is -0.148. The highest BCUT2D eigenvalue weighted by atomic mass is 16.6. The molecule has 1 unspecified atom stereocenters. The molecule has 0 N–H and O–H groups in total. The number of pyridine rings is 1. The predicted molar refractivity (Wildman–Crippen MR) is 76.0 cm³/mol. The molecule has 0 bridgehead atoms. The van der Waals surface area contributed by atoms with Crippen molar-refractivity contribution in [3.8, 4) is 11.6 Å². The molecule has 1 aromatic carbocycles. The zero-order valence-electron chi connectivity index (χ0n) is 11.6. The molecule has 0 aliphatic carbocycles. The van der Waals surface area contributed by atoms with Crippen molar-refractivity contribution in [2.24, 2.45) is 0 Å². The molecule has 2 aromatic rings. The Morgan fingerprint density at radius 1 is 1.10 bits per heavy atom. The molecule has 1 atom stereocenters. The summed E-state index contributed by atoms with van der Waals surface area (Å²) in [6.45, 7) is 1.66. The molecule has 0 saturated heterocycles. The Labute approximate surface area is 122 Å². The summed E-state index contributed by atoms with van der Waals surface area (Å²) in [7, 11) is 0. The maximum Gasteiger partial charge on any atom is 0.361 e. The number of hydrogen-bond acceptors (Lipinski definition) is 5. The van der Waals surface area contributed by atoms with Crippen molar-refractivity contribution < 1.29 is 19.1 Å². The fourth-order valence-electron chi connectivity index (χ4n) is 1.63. The number of rotatable bonds is 6. The SMILES string of the molecule is CCC(=O)C(Oc1ccccc1)C(=O)Oc1ccccn1. The van der Waals surface area contributed by atoms with Crippen molar-refractivity contribution in [3.63, 3.8) is 0 Å². The number of hydrogen-bond donors (Lipinski definition) is 0. The van der Waals surface area contributed by atoms with Crippen LogP contribution in [0.1, 0.15) is 13.3 Å². The lowest BCUT2D eigenvalue weighted by Gasteiger charge is -2.15. The number of aromatic nitrogens is 1. The number of para-hydroxylation sites is 1. The molecule has 21 heavy (non-hydrogen) atoms. The van der Waals surface area contributed by atoms with Gasteiger partial charge in [-0.25, -0.2) is 9.78 Å². The predicted octanol–water partition coefficient (Wildman–Crippen LogP) is 2.41. The third kappa shape index (κ3) is 4.14. The fraction of sp³-hybridized carbons (Fsp3) is 0.188.